The first kappa shape index (κ1) is 14.3. The maximum atomic E-state index is 12.3. The van der Waals surface area contributed by atoms with Gasteiger partial charge in [-0.15, -0.1) is 0 Å². The molecule has 1 aromatic carbocycles. The Bertz CT molecular complexity index is 636. The van der Waals surface area contributed by atoms with Gasteiger partial charge in [-0.25, -0.2) is 8.42 Å². The van der Waals surface area contributed by atoms with E-state index in [0.717, 1.165) is 18.4 Å². The van der Waals surface area contributed by atoms with Crippen LogP contribution in [0, 0.1) is 13.8 Å². The minimum Gasteiger partial charge on any atom is -0.339 e. The van der Waals surface area contributed by atoms with E-state index in [0.29, 0.717) is 11.1 Å². The van der Waals surface area contributed by atoms with Crippen LogP contribution in [0.4, 0.5) is 0 Å². The summed E-state index contributed by atoms with van der Waals surface area (Å²) < 4.78 is 23.1. The van der Waals surface area contributed by atoms with E-state index in [1.165, 1.54) is 6.07 Å². The van der Waals surface area contributed by atoms with E-state index in [1.807, 2.05) is 0 Å². The zero-order valence-electron chi connectivity index (χ0n) is 11.1. The summed E-state index contributed by atoms with van der Waals surface area (Å²) in [5.74, 6) is -0.160. The van der Waals surface area contributed by atoms with E-state index in [1.54, 1.807) is 31.9 Å². The minimum absolute atomic E-state index is 0.0155. The SMILES string of the molecule is Cc1cc(C(=O)N(C)C2CC2)cc(S(=O)(=O)Cl)c1C. The smallest absolute Gasteiger partial charge is 0.261 e. The van der Waals surface area contributed by atoms with Gasteiger partial charge in [-0.2, -0.15) is 0 Å². The fourth-order valence-corrected chi connectivity index (χ4v) is 3.31. The van der Waals surface area contributed by atoms with Gasteiger partial charge in [0.05, 0.1) is 4.90 Å². The van der Waals surface area contributed by atoms with E-state index in [9.17, 15) is 13.2 Å². The second-order valence-corrected chi connectivity index (χ2v) is 7.54. The van der Waals surface area contributed by atoms with Crippen LogP contribution in [-0.4, -0.2) is 32.3 Å². The first-order valence-corrected chi connectivity index (χ1v) is 8.36. The topological polar surface area (TPSA) is 54.5 Å². The van der Waals surface area contributed by atoms with Crippen LogP contribution in [0.5, 0.6) is 0 Å². The Morgan fingerprint density at radius 3 is 2.37 bits per heavy atom. The Morgan fingerprint density at radius 1 is 1.32 bits per heavy atom. The van der Waals surface area contributed by atoms with Crippen LogP contribution >= 0.6 is 10.7 Å². The molecule has 1 fully saturated rings. The first-order valence-electron chi connectivity index (χ1n) is 6.05. The van der Waals surface area contributed by atoms with Crippen LogP contribution in [0.2, 0.25) is 0 Å². The Balaban J connectivity index is 2.47. The second-order valence-electron chi connectivity index (χ2n) is 5.00. The highest BCUT2D eigenvalue weighted by Crippen LogP contribution is 2.29. The standard InChI is InChI=1S/C13H16ClNO3S/c1-8-6-10(13(16)15(3)11-4-5-11)7-12(9(8)2)19(14,17)18/h6-7,11H,4-5H2,1-3H3. The Hall–Kier alpha value is -1.07. The highest BCUT2D eigenvalue weighted by Gasteiger charge is 2.30. The van der Waals surface area contributed by atoms with E-state index >= 15 is 0 Å². The number of hydrogen-bond donors (Lipinski definition) is 0. The van der Waals surface area contributed by atoms with Gasteiger partial charge in [0.1, 0.15) is 0 Å². The molecule has 0 heterocycles. The molecule has 2 rings (SSSR count). The van der Waals surface area contributed by atoms with Crippen LogP contribution in [0.3, 0.4) is 0 Å². The predicted molar refractivity (Wildman–Crippen MR) is 74.1 cm³/mol. The quantitative estimate of drug-likeness (QED) is 0.806. The van der Waals surface area contributed by atoms with Crippen molar-refractivity contribution >= 4 is 25.6 Å². The lowest BCUT2D eigenvalue weighted by atomic mass is 10.1. The first-order chi connectivity index (χ1) is 8.71. The number of halogens is 1. The monoisotopic (exact) mass is 301 g/mol. The van der Waals surface area contributed by atoms with Crippen molar-refractivity contribution in [1.82, 2.24) is 4.90 Å². The van der Waals surface area contributed by atoms with Crippen molar-refractivity contribution in [2.24, 2.45) is 0 Å². The van der Waals surface area contributed by atoms with Crippen molar-refractivity contribution < 1.29 is 13.2 Å². The van der Waals surface area contributed by atoms with Crippen LogP contribution in [-0.2, 0) is 9.05 Å². The molecule has 0 N–H and O–H groups in total. The summed E-state index contributed by atoms with van der Waals surface area (Å²) in [5.41, 5.74) is 1.70. The second kappa shape index (κ2) is 4.80. The summed E-state index contributed by atoms with van der Waals surface area (Å²) in [6.07, 6.45) is 2.02. The minimum atomic E-state index is -3.84. The lowest BCUT2D eigenvalue weighted by Gasteiger charge is -2.17. The van der Waals surface area contributed by atoms with Crippen molar-refractivity contribution in [1.29, 1.82) is 0 Å². The van der Waals surface area contributed by atoms with Gasteiger partial charge in [-0.05, 0) is 49.9 Å². The normalized spacial score (nSPS) is 15.4. The third-order valence-electron chi connectivity index (χ3n) is 3.54. The number of hydrogen-bond acceptors (Lipinski definition) is 3. The maximum Gasteiger partial charge on any atom is 0.261 e. The van der Waals surface area contributed by atoms with Crippen molar-refractivity contribution in [3.05, 3.63) is 28.8 Å². The van der Waals surface area contributed by atoms with Crippen molar-refractivity contribution in [3.8, 4) is 0 Å². The average Bonchev–Trinajstić information content (AvgIpc) is 3.13. The summed E-state index contributed by atoms with van der Waals surface area (Å²) >= 11 is 0. The van der Waals surface area contributed by atoms with Crippen LogP contribution in [0.25, 0.3) is 0 Å². The lowest BCUT2D eigenvalue weighted by molar-refractivity contribution is 0.0784. The predicted octanol–water partition coefficient (Wildman–Crippen LogP) is 2.47. The molecule has 0 saturated heterocycles. The van der Waals surface area contributed by atoms with Gasteiger partial charge in [0.25, 0.3) is 15.0 Å². The lowest BCUT2D eigenvalue weighted by Crippen LogP contribution is -2.29. The van der Waals surface area contributed by atoms with Crippen molar-refractivity contribution in [2.45, 2.75) is 37.6 Å². The van der Waals surface area contributed by atoms with Crippen LogP contribution < -0.4 is 0 Å². The summed E-state index contributed by atoms with van der Waals surface area (Å²) in [5, 5.41) is 0. The summed E-state index contributed by atoms with van der Waals surface area (Å²) in [7, 11) is 3.31. The maximum absolute atomic E-state index is 12.3. The Morgan fingerprint density at radius 2 is 1.89 bits per heavy atom. The zero-order valence-corrected chi connectivity index (χ0v) is 12.7. The Labute approximate surface area is 117 Å². The molecule has 19 heavy (non-hydrogen) atoms. The van der Waals surface area contributed by atoms with E-state index in [2.05, 4.69) is 0 Å². The van der Waals surface area contributed by atoms with E-state index in [-0.39, 0.29) is 16.8 Å². The summed E-state index contributed by atoms with van der Waals surface area (Å²) in [6, 6.07) is 3.36. The van der Waals surface area contributed by atoms with Crippen molar-refractivity contribution in [3.63, 3.8) is 0 Å². The third kappa shape index (κ3) is 2.92. The highest BCUT2D eigenvalue weighted by atomic mass is 35.7. The van der Waals surface area contributed by atoms with Crippen LogP contribution in [0.15, 0.2) is 17.0 Å². The number of carbonyl (C=O) groups excluding carboxylic acids is 1. The summed E-state index contributed by atoms with van der Waals surface area (Å²) in [4.78, 5) is 13.9. The molecular weight excluding hydrogens is 286 g/mol. The molecule has 6 heteroatoms. The molecule has 0 atom stereocenters. The van der Waals surface area contributed by atoms with Gasteiger partial charge in [-0.3, -0.25) is 4.79 Å². The van der Waals surface area contributed by atoms with Gasteiger partial charge < -0.3 is 4.90 Å². The molecule has 0 radical (unpaired) electrons. The molecule has 0 unspecified atom stereocenters. The molecule has 1 saturated carbocycles. The summed E-state index contributed by atoms with van der Waals surface area (Å²) in [6.45, 7) is 3.46. The number of nitrogens with zero attached hydrogens (tertiary/aromatic N) is 1. The highest BCUT2D eigenvalue weighted by molar-refractivity contribution is 8.13. The van der Waals surface area contributed by atoms with Gasteiger partial charge in [0.15, 0.2) is 0 Å². The molecular formula is C13H16ClNO3S. The zero-order chi connectivity index (χ0) is 14.4. The molecule has 0 aliphatic heterocycles. The molecule has 1 aliphatic rings. The number of amides is 1. The number of carbonyl (C=O) groups is 1. The average molecular weight is 302 g/mol. The number of benzene rings is 1. The molecule has 4 nitrogen and oxygen atoms in total. The van der Waals surface area contributed by atoms with E-state index in [4.69, 9.17) is 10.7 Å². The largest absolute Gasteiger partial charge is 0.339 e. The Kier molecular flexibility index (Phi) is 3.62. The molecule has 1 amide bonds. The molecule has 1 aliphatic carbocycles. The molecule has 1 aromatic rings. The number of aryl methyl sites for hydroxylation is 1. The van der Waals surface area contributed by atoms with Gasteiger partial charge in [0, 0.05) is 29.3 Å². The molecule has 0 aromatic heterocycles. The van der Waals surface area contributed by atoms with Gasteiger partial charge in [-0.1, -0.05) is 0 Å². The van der Waals surface area contributed by atoms with E-state index < -0.39 is 9.05 Å². The van der Waals surface area contributed by atoms with Gasteiger partial charge >= 0.3 is 0 Å². The van der Waals surface area contributed by atoms with Gasteiger partial charge in [0.2, 0.25) is 0 Å². The van der Waals surface area contributed by atoms with Crippen molar-refractivity contribution in [2.75, 3.05) is 7.05 Å². The van der Waals surface area contributed by atoms with Crippen LogP contribution in [0.1, 0.15) is 34.3 Å². The fourth-order valence-electron chi connectivity index (χ4n) is 2.04. The molecule has 104 valence electrons. The third-order valence-corrected chi connectivity index (χ3v) is 4.99. The molecule has 0 spiro atoms. The number of rotatable bonds is 3. The fraction of sp³-hybridized carbons (Fsp3) is 0.462. The molecule has 0 bridgehead atoms.